The zero-order valence-corrected chi connectivity index (χ0v) is 15.7. The number of piperidine rings is 1. The number of anilines is 2. The van der Waals surface area contributed by atoms with Gasteiger partial charge in [-0.3, -0.25) is 9.59 Å². The summed E-state index contributed by atoms with van der Waals surface area (Å²) in [5, 5.41) is 2.32. The van der Waals surface area contributed by atoms with Gasteiger partial charge in [0.15, 0.2) is 0 Å². The van der Waals surface area contributed by atoms with Gasteiger partial charge in [0.2, 0.25) is 0 Å². The number of alkyl halides is 2. The molecule has 1 fully saturated rings. The Hall–Kier alpha value is -3.10. The van der Waals surface area contributed by atoms with Crippen molar-refractivity contribution in [1.29, 1.82) is 0 Å². The third-order valence-corrected chi connectivity index (χ3v) is 4.97. The van der Waals surface area contributed by atoms with Gasteiger partial charge in [0.1, 0.15) is 11.6 Å². The molecule has 2 atom stereocenters. The van der Waals surface area contributed by atoms with E-state index in [9.17, 15) is 22.8 Å². The summed E-state index contributed by atoms with van der Waals surface area (Å²) >= 11 is 0. The summed E-state index contributed by atoms with van der Waals surface area (Å²) in [6.07, 6.45) is -0.263. The predicted octanol–water partition coefficient (Wildman–Crippen LogP) is 3.68. The number of amides is 2. The number of nitrogen functional groups attached to an aromatic ring is 1. The maximum atomic E-state index is 13.2. The lowest BCUT2D eigenvalue weighted by Crippen LogP contribution is -2.46. The third-order valence-electron chi connectivity index (χ3n) is 4.97. The van der Waals surface area contributed by atoms with Crippen LogP contribution in [-0.4, -0.2) is 28.2 Å². The number of carbonyl (C=O) groups excluding carboxylic acids is 2. The van der Waals surface area contributed by atoms with E-state index in [0.29, 0.717) is 13.0 Å². The van der Waals surface area contributed by atoms with Gasteiger partial charge in [0.05, 0.1) is 23.5 Å². The Kier molecular flexibility index (Phi) is 6.05. The van der Waals surface area contributed by atoms with Crippen molar-refractivity contribution in [3.05, 3.63) is 53.5 Å². The number of nitrogens with two attached hydrogens (primary N) is 1. The first kappa shape index (κ1) is 20.6. The van der Waals surface area contributed by atoms with Crippen molar-refractivity contribution >= 4 is 23.3 Å². The van der Waals surface area contributed by atoms with Gasteiger partial charge in [-0.25, -0.2) is 18.2 Å². The fraction of sp³-hybridized carbons (Fsp3) is 0.350. The van der Waals surface area contributed by atoms with Crippen LogP contribution in [0.5, 0.6) is 0 Å². The lowest BCUT2D eigenvalue weighted by atomic mass is 9.90. The molecule has 0 aliphatic carbocycles. The minimum absolute atomic E-state index is 0.0451. The van der Waals surface area contributed by atoms with Gasteiger partial charge >= 0.3 is 11.8 Å². The summed E-state index contributed by atoms with van der Waals surface area (Å²) in [6, 6.07) is 6.42. The zero-order valence-electron chi connectivity index (χ0n) is 15.7. The summed E-state index contributed by atoms with van der Waals surface area (Å²) in [5.41, 5.74) is 5.56. The second-order valence-corrected chi connectivity index (χ2v) is 7.16. The molecule has 3 rings (SSSR count). The Morgan fingerprint density at radius 2 is 1.93 bits per heavy atom. The molecule has 0 saturated carbocycles. The second kappa shape index (κ2) is 8.50. The fourth-order valence-electron chi connectivity index (χ4n) is 3.46. The molecule has 1 aromatic heterocycles. The number of nitrogens with one attached hydrogen (secondary N) is 1. The molecule has 0 radical (unpaired) electrons. The van der Waals surface area contributed by atoms with E-state index >= 15 is 0 Å². The molecule has 2 aromatic rings. The number of nitrogens with zero attached hydrogens (tertiary/aromatic N) is 2. The van der Waals surface area contributed by atoms with E-state index in [1.54, 1.807) is 12.1 Å². The maximum Gasteiger partial charge on any atom is 0.313 e. The minimum atomic E-state index is -2.86. The SMILES string of the molecule is C[C@H]1CC[C@H](c2ccc(F)cc2)N(C(=O)C(=O)Nc2cnc(N)c(C(F)F)c2)C1. The minimum Gasteiger partial charge on any atom is -0.383 e. The topological polar surface area (TPSA) is 88.3 Å². The lowest BCUT2D eigenvalue weighted by Gasteiger charge is -2.38. The number of pyridine rings is 1. The maximum absolute atomic E-state index is 13.2. The van der Waals surface area contributed by atoms with Gasteiger partial charge in [0, 0.05) is 6.54 Å². The van der Waals surface area contributed by atoms with Crippen LogP contribution < -0.4 is 11.1 Å². The summed E-state index contributed by atoms with van der Waals surface area (Å²) in [5.74, 6) is -2.30. The Morgan fingerprint density at radius 3 is 2.59 bits per heavy atom. The largest absolute Gasteiger partial charge is 0.383 e. The third kappa shape index (κ3) is 4.67. The van der Waals surface area contributed by atoms with Crippen LogP contribution in [0.2, 0.25) is 0 Å². The molecule has 29 heavy (non-hydrogen) atoms. The van der Waals surface area contributed by atoms with Crippen LogP contribution in [0.3, 0.4) is 0 Å². The number of aromatic nitrogens is 1. The highest BCUT2D eigenvalue weighted by molar-refractivity contribution is 6.39. The van der Waals surface area contributed by atoms with E-state index < -0.39 is 23.8 Å². The first-order valence-corrected chi connectivity index (χ1v) is 9.17. The van der Waals surface area contributed by atoms with Gasteiger partial charge in [-0.05, 0) is 42.5 Å². The molecule has 0 spiro atoms. The lowest BCUT2D eigenvalue weighted by molar-refractivity contribution is -0.146. The van der Waals surface area contributed by atoms with Gasteiger partial charge in [-0.1, -0.05) is 19.1 Å². The van der Waals surface area contributed by atoms with Crippen LogP contribution in [0.25, 0.3) is 0 Å². The summed E-state index contributed by atoms with van der Waals surface area (Å²) in [6.45, 7) is 2.33. The first-order valence-electron chi connectivity index (χ1n) is 9.17. The van der Waals surface area contributed by atoms with Crippen LogP contribution in [0.15, 0.2) is 36.5 Å². The van der Waals surface area contributed by atoms with E-state index in [0.717, 1.165) is 24.2 Å². The van der Waals surface area contributed by atoms with Crippen molar-refractivity contribution in [2.75, 3.05) is 17.6 Å². The van der Waals surface area contributed by atoms with Crippen molar-refractivity contribution in [3.63, 3.8) is 0 Å². The molecule has 1 saturated heterocycles. The van der Waals surface area contributed by atoms with Crippen molar-refractivity contribution in [2.24, 2.45) is 5.92 Å². The highest BCUT2D eigenvalue weighted by atomic mass is 19.3. The van der Waals surface area contributed by atoms with E-state index in [1.807, 2.05) is 6.92 Å². The normalized spacial score (nSPS) is 19.3. The van der Waals surface area contributed by atoms with E-state index in [1.165, 1.54) is 17.0 Å². The molecule has 9 heteroatoms. The second-order valence-electron chi connectivity index (χ2n) is 7.16. The van der Waals surface area contributed by atoms with Gasteiger partial charge in [-0.15, -0.1) is 0 Å². The van der Waals surface area contributed by atoms with Crippen molar-refractivity contribution in [2.45, 2.75) is 32.2 Å². The fourth-order valence-corrected chi connectivity index (χ4v) is 3.46. The van der Waals surface area contributed by atoms with Crippen molar-refractivity contribution in [3.8, 4) is 0 Å². The van der Waals surface area contributed by atoms with Crippen molar-refractivity contribution < 1.29 is 22.8 Å². The van der Waals surface area contributed by atoms with Crippen LogP contribution >= 0.6 is 0 Å². The molecule has 3 N–H and O–H groups in total. The van der Waals surface area contributed by atoms with Crippen LogP contribution in [0.1, 0.15) is 43.4 Å². The number of hydrogen-bond acceptors (Lipinski definition) is 4. The van der Waals surface area contributed by atoms with Crippen LogP contribution in [-0.2, 0) is 9.59 Å². The highest BCUT2D eigenvalue weighted by Gasteiger charge is 2.34. The first-order chi connectivity index (χ1) is 13.8. The molecule has 0 bridgehead atoms. The Morgan fingerprint density at radius 1 is 1.24 bits per heavy atom. The molecule has 0 unspecified atom stereocenters. The van der Waals surface area contributed by atoms with E-state index in [2.05, 4.69) is 10.3 Å². The highest BCUT2D eigenvalue weighted by Crippen LogP contribution is 2.33. The number of likely N-dealkylation sites (tertiary alicyclic amines) is 1. The Balaban J connectivity index is 1.79. The Bertz CT molecular complexity index is 905. The van der Waals surface area contributed by atoms with Gasteiger partial charge in [0.25, 0.3) is 6.43 Å². The molecule has 1 aromatic carbocycles. The standard InChI is InChI=1S/C20H21F3N4O2/c1-11-2-7-16(12-3-5-13(21)6-4-12)27(10-11)20(29)19(28)26-14-8-15(17(22)23)18(24)25-9-14/h3-6,8-9,11,16-17H,2,7,10H2,1H3,(H2,24,25)(H,26,28)/t11-,16+/m0/s1. The molecular formula is C20H21F3N4O2. The van der Waals surface area contributed by atoms with Crippen LogP contribution in [0, 0.1) is 11.7 Å². The number of benzene rings is 1. The number of rotatable bonds is 3. The zero-order chi connectivity index (χ0) is 21.1. The number of halogens is 3. The smallest absolute Gasteiger partial charge is 0.313 e. The molecule has 6 nitrogen and oxygen atoms in total. The quantitative estimate of drug-likeness (QED) is 0.761. The number of carbonyl (C=O) groups is 2. The average Bonchev–Trinajstić information content (AvgIpc) is 2.69. The summed E-state index contributed by atoms with van der Waals surface area (Å²) in [4.78, 5) is 30.4. The molecular weight excluding hydrogens is 385 g/mol. The molecule has 1 aliphatic rings. The predicted molar refractivity (Wildman–Crippen MR) is 101 cm³/mol. The summed E-state index contributed by atoms with van der Waals surface area (Å²) < 4.78 is 39.2. The summed E-state index contributed by atoms with van der Waals surface area (Å²) in [7, 11) is 0. The molecule has 2 heterocycles. The molecule has 154 valence electrons. The number of hydrogen-bond donors (Lipinski definition) is 2. The van der Waals surface area contributed by atoms with Crippen molar-refractivity contribution in [1.82, 2.24) is 9.88 Å². The molecule has 1 aliphatic heterocycles. The monoisotopic (exact) mass is 406 g/mol. The van der Waals surface area contributed by atoms with E-state index in [4.69, 9.17) is 5.73 Å². The molecule has 2 amide bonds. The van der Waals surface area contributed by atoms with Gasteiger partial charge < -0.3 is 16.0 Å². The average molecular weight is 406 g/mol. The van der Waals surface area contributed by atoms with Gasteiger partial charge in [-0.2, -0.15) is 0 Å². The van der Waals surface area contributed by atoms with E-state index in [-0.39, 0.29) is 29.3 Å². The van der Waals surface area contributed by atoms with Crippen LogP contribution in [0.4, 0.5) is 24.7 Å². The Labute approximate surface area is 165 Å².